The van der Waals surface area contributed by atoms with Gasteiger partial charge in [0.1, 0.15) is 12.2 Å². The lowest BCUT2D eigenvalue weighted by Gasteiger charge is -2.09. The minimum absolute atomic E-state index is 0.139. The molecule has 0 radical (unpaired) electrons. The number of benzene rings is 4. The number of aliphatic hydroxyl groups excluding tert-OH is 4. The van der Waals surface area contributed by atoms with E-state index in [-0.39, 0.29) is 18.2 Å². The molecule has 0 aromatic heterocycles. The summed E-state index contributed by atoms with van der Waals surface area (Å²) in [6, 6.07) is 35.5. The fraction of sp³-hybridized carbons (Fsp3) is 0.161. The fourth-order valence-electron chi connectivity index (χ4n) is 3.09. The van der Waals surface area contributed by atoms with Gasteiger partial charge in [0.15, 0.2) is 11.6 Å². The Morgan fingerprint density at radius 1 is 0.541 bits per heavy atom. The predicted molar refractivity (Wildman–Crippen MR) is 143 cm³/mol. The molecule has 192 valence electrons. The van der Waals surface area contributed by atoms with Crippen molar-refractivity contribution in [2.24, 2.45) is 0 Å². The average molecular weight is 501 g/mol. The third-order valence-electron chi connectivity index (χ3n) is 5.11. The molecule has 0 amide bonds. The van der Waals surface area contributed by atoms with E-state index in [9.17, 15) is 19.8 Å². The van der Waals surface area contributed by atoms with Crippen molar-refractivity contribution in [2.75, 3.05) is 6.61 Å². The number of rotatable bonds is 7. The van der Waals surface area contributed by atoms with Crippen molar-refractivity contribution in [3.05, 3.63) is 144 Å². The van der Waals surface area contributed by atoms with E-state index in [2.05, 4.69) is 0 Å². The van der Waals surface area contributed by atoms with E-state index >= 15 is 0 Å². The molecular weight excluding hydrogens is 468 g/mol. The number of carbonyl (C=O) groups is 2. The Balaban J connectivity index is 0.000000221. The van der Waals surface area contributed by atoms with Gasteiger partial charge in [0, 0.05) is 11.1 Å². The topological polar surface area (TPSA) is 115 Å². The molecule has 0 bridgehead atoms. The van der Waals surface area contributed by atoms with Crippen LogP contribution in [-0.4, -0.2) is 44.7 Å². The molecular formula is C31H32O6. The molecule has 4 aromatic rings. The summed E-state index contributed by atoms with van der Waals surface area (Å²) in [7, 11) is 0. The molecule has 0 aliphatic carbocycles. The van der Waals surface area contributed by atoms with Gasteiger partial charge in [-0.15, -0.1) is 0 Å². The average Bonchev–Trinajstić information content (AvgIpc) is 2.98. The van der Waals surface area contributed by atoms with Crippen molar-refractivity contribution >= 4 is 11.6 Å². The first kappa shape index (κ1) is 29.3. The first-order chi connectivity index (χ1) is 17.8. The van der Waals surface area contributed by atoms with Crippen LogP contribution in [-0.2, 0) is 0 Å². The second-order valence-corrected chi connectivity index (χ2v) is 8.12. The zero-order valence-corrected chi connectivity index (χ0v) is 20.6. The first-order valence-electron chi connectivity index (χ1n) is 11.8. The number of hydrogen-bond donors (Lipinski definition) is 4. The second kappa shape index (κ2) is 15.9. The molecule has 4 rings (SSSR count). The number of hydrogen-bond acceptors (Lipinski definition) is 6. The Morgan fingerprint density at radius 2 is 0.784 bits per heavy atom. The highest BCUT2D eigenvalue weighted by Crippen LogP contribution is 2.18. The maximum atomic E-state index is 11.9. The first-order valence-corrected chi connectivity index (χ1v) is 11.8. The van der Waals surface area contributed by atoms with Gasteiger partial charge in [-0.05, 0) is 18.1 Å². The van der Waals surface area contributed by atoms with Gasteiger partial charge in [-0.25, -0.2) is 0 Å². The summed E-state index contributed by atoms with van der Waals surface area (Å²) >= 11 is 0. The summed E-state index contributed by atoms with van der Waals surface area (Å²) in [4.78, 5) is 23.8. The van der Waals surface area contributed by atoms with E-state index in [1.807, 2.05) is 24.3 Å². The molecule has 0 spiro atoms. The van der Waals surface area contributed by atoms with Crippen LogP contribution in [0.15, 0.2) is 121 Å². The molecule has 0 aliphatic heterocycles. The molecule has 3 atom stereocenters. The van der Waals surface area contributed by atoms with Gasteiger partial charge in [0.05, 0.1) is 12.7 Å². The van der Waals surface area contributed by atoms with Gasteiger partial charge in [0.2, 0.25) is 0 Å². The highest BCUT2D eigenvalue weighted by molar-refractivity contribution is 6.00. The Morgan fingerprint density at radius 3 is 1.03 bits per heavy atom. The number of aliphatic hydroxyl groups is 4. The van der Waals surface area contributed by atoms with Crippen molar-refractivity contribution < 1.29 is 30.0 Å². The standard InChI is InChI=1S/2C14H12O2.C3H8O2/c2*15-13(11-7-3-1-4-8-11)14(16)12-9-5-2-6-10-12;1-3(5)2-4/h2*1-10,13,15H;3-5H,2H2,1H3. The summed E-state index contributed by atoms with van der Waals surface area (Å²) in [5.41, 5.74) is 2.30. The third-order valence-corrected chi connectivity index (χ3v) is 5.11. The van der Waals surface area contributed by atoms with Crippen LogP contribution in [0.1, 0.15) is 51.0 Å². The molecule has 37 heavy (non-hydrogen) atoms. The Kier molecular flexibility index (Phi) is 12.6. The summed E-state index contributed by atoms with van der Waals surface area (Å²) in [6.07, 6.45) is -2.72. The summed E-state index contributed by atoms with van der Waals surface area (Å²) in [5, 5.41) is 35.8. The lowest BCUT2D eigenvalue weighted by Crippen LogP contribution is -2.11. The highest BCUT2D eigenvalue weighted by Gasteiger charge is 2.19. The molecule has 4 N–H and O–H groups in total. The van der Waals surface area contributed by atoms with Gasteiger partial charge in [-0.3, -0.25) is 9.59 Å². The smallest absolute Gasteiger partial charge is 0.195 e. The summed E-state index contributed by atoms with van der Waals surface area (Å²) in [6.45, 7) is 1.39. The fourth-order valence-corrected chi connectivity index (χ4v) is 3.09. The van der Waals surface area contributed by atoms with Crippen molar-refractivity contribution in [2.45, 2.75) is 25.2 Å². The molecule has 0 aliphatic rings. The molecule has 0 fully saturated rings. The summed E-state index contributed by atoms with van der Waals surface area (Å²) < 4.78 is 0. The zero-order chi connectivity index (χ0) is 27.0. The van der Waals surface area contributed by atoms with Crippen molar-refractivity contribution in [3.63, 3.8) is 0 Å². The molecule has 0 heterocycles. The Labute approximate surface area is 217 Å². The van der Waals surface area contributed by atoms with Crippen LogP contribution in [0.5, 0.6) is 0 Å². The quantitative estimate of drug-likeness (QED) is 0.277. The van der Waals surface area contributed by atoms with Gasteiger partial charge in [-0.1, -0.05) is 121 Å². The van der Waals surface area contributed by atoms with E-state index in [0.29, 0.717) is 22.3 Å². The van der Waals surface area contributed by atoms with Crippen LogP contribution in [0.25, 0.3) is 0 Å². The van der Waals surface area contributed by atoms with Crippen molar-refractivity contribution in [1.29, 1.82) is 0 Å². The van der Waals surface area contributed by atoms with E-state index in [0.717, 1.165) is 0 Å². The van der Waals surface area contributed by atoms with Crippen LogP contribution in [0, 0.1) is 0 Å². The van der Waals surface area contributed by atoms with Crippen LogP contribution in [0.2, 0.25) is 0 Å². The molecule has 6 heteroatoms. The predicted octanol–water partition coefficient (Wildman–Crippen LogP) is 4.57. The SMILES string of the molecule is CC(O)CO.O=C(c1ccccc1)C(O)c1ccccc1.O=C(c1ccccc1)C(O)c1ccccc1. The van der Waals surface area contributed by atoms with Gasteiger partial charge >= 0.3 is 0 Å². The molecule has 3 unspecified atom stereocenters. The van der Waals surface area contributed by atoms with Crippen LogP contribution < -0.4 is 0 Å². The van der Waals surface area contributed by atoms with Crippen molar-refractivity contribution in [3.8, 4) is 0 Å². The van der Waals surface area contributed by atoms with Gasteiger partial charge in [-0.2, -0.15) is 0 Å². The third kappa shape index (κ3) is 9.91. The lowest BCUT2D eigenvalue weighted by molar-refractivity contribution is 0.0743. The Hall–Kier alpha value is -3.94. The van der Waals surface area contributed by atoms with E-state index < -0.39 is 18.3 Å². The van der Waals surface area contributed by atoms with E-state index in [4.69, 9.17) is 10.2 Å². The van der Waals surface area contributed by atoms with Gasteiger partial charge < -0.3 is 20.4 Å². The zero-order valence-electron chi connectivity index (χ0n) is 20.6. The monoisotopic (exact) mass is 500 g/mol. The van der Waals surface area contributed by atoms with E-state index in [1.165, 1.54) is 6.92 Å². The van der Waals surface area contributed by atoms with Crippen LogP contribution in [0.3, 0.4) is 0 Å². The number of carbonyl (C=O) groups excluding carboxylic acids is 2. The van der Waals surface area contributed by atoms with Crippen molar-refractivity contribution in [1.82, 2.24) is 0 Å². The number of Topliss-reactive ketones (excluding diaryl/α,β-unsaturated/α-hetero) is 2. The molecule has 4 aromatic carbocycles. The molecule has 6 nitrogen and oxygen atoms in total. The number of ketones is 2. The normalized spacial score (nSPS) is 12.5. The lowest BCUT2D eigenvalue weighted by atomic mass is 10.0. The second-order valence-electron chi connectivity index (χ2n) is 8.12. The summed E-state index contributed by atoms with van der Waals surface area (Å²) in [5.74, 6) is -0.543. The van der Waals surface area contributed by atoms with E-state index in [1.54, 1.807) is 97.1 Å². The maximum Gasteiger partial charge on any atom is 0.195 e. The molecule has 0 saturated carbocycles. The highest BCUT2D eigenvalue weighted by atomic mass is 16.3. The molecule has 0 saturated heterocycles. The minimum Gasteiger partial charge on any atom is -0.394 e. The van der Waals surface area contributed by atoms with Crippen LogP contribution in [0.4, 0.5) is 0 Å². The van der Waals surface area contributed by atoms with Crippen LogP contribution >= 0.6 is 0 Å². The minimum atomic E-state index is -1.08. The maximum absolute atomic E-state index is 11.9. The van der Waals surface area contributed by atoms with Gasteiger partial charge in [0.25, 0.3) is 0 Å². The largest absolute Gasteiger partial charge is 0.394 e. The Bertz CT molecular complexity index is 1090.